The number of aromatic amines is 1. The van der Waals surface area contributed by atoms with E-state index < -0.39 is 0 Å². The van der Waals surface area contributed by atoms with Crippen molar-refractivity contribution >= 4 is 5.91 Å². The molecule has 1 aromatic heterocycles. The average Bonchev–Trinajstić information content (AvgIpc) is 3.38. The third-order valence-electron chi connectivity index (χ3n) is 4.77. The fourth-order valence-corrected chi connectivity index (χ4v) is 3.14. The smallest absolute Gasteiger partial charge is 0.220 e. The van der Waals surface area contributed by atoms with Crippen LogP contribution in [0.1, 0.15) is 47.8 Å². The maximum absolute atomic E-state index is 12.4. The quantitative estimate of drug-likeness (QED) is 0.820. The molecule has 0 aliphatic heterocycles. The fourth-order valence-electron chi connectivity index (χ4n) is 3.14. The van der Waals surface area contributed by atoms with E-state index in [1.807, 2.05) is 38.1 Å². The molecule has 0 radical (unpaired) electrons. The van der Waals surface area contributed by atoms with E-state index >= 15 is 0 Å². The molecule has 1 heterocycles. The molecule has 1 aliphatic carbocycles. The third kappa shape index (κ3) is 3.78. The van der Waals surface area contributed by atoms with Gasteiger partial charge in [0.05, 0.1) is 18.8 Å². The number of amides is 1. The summed E-state index contributed by atoms with van der Waals surface area (Å²) in [7, 11) is 1.66. The van der Waals surface area contributed by atoms with E-state index in [0.717, 1.165) is 34.7 Å². The van der Waals surface area contributed by atoms with Gasteiger partial charge < -0.3 is 10.1 Å². The third-order valence-corrected chi connectivity index (χ3v) is 4.77. The molecule has 2 N–H and O–H groups in total. The number of ether oxygens (including phenoxy) is 1. The van der Waals surface area contributed by atoms with Crippen molar-refractivity contribution in [3.63, 3.8) is 0 Å². The molecule has 0 bridgehead atoms. The number of benzene rings is 1. The second kappa shape index (κ2) is 7.07. The highest BCUT2D eigenvalue weighted by atomic mass is 16.5. The van der Waals surface area contributed by atoms with Crippen molar-refractivity contribution in [2.24, 2.45) is 5.92 Å². The van der Waals surface area contributed by atoms with Crippen LogP contribution in [0, 0.1) is 19.8 Å². The van der Waals surface area contributed by atoms with Crippen LogP contribution < -0.4 is 10.1 Å². The molecule has 1 aliphatic rings. The number of carbonyl (C=O) groups excluding carboxylic acids is 1. The van der Waals surface area contributed by atoms with E-state index in [0.29, 0.717) is 12.3 Å². The number of hydrogen-bond donors (Lipinski definition) is 2. The van der Waals surface area contributed by atoms with Crippen molar-refractivity contribution in [2.45, 2.75) is 45.6 Å². The zero-order valence-electron chi connectivity index (χ0n) is 14.6. The molecule has 0 spiro atoms. The molecule has 3 rings (SSSR count). The highest BCUT2D eigenvalue weighted by molar-refractivity contribution is 5.77. The number of aromatic nitrogens is 2. The zero-order chi connectivity index (χ0) is 17.1. The van der Waals surface area contributed by atoms with Gasteiger partial charge in [-0.15, -0.1) is 0 Å². The van der Waals surface area contributed by atoms with Gasteiger partial charge in [0.2, 0.25) is 5.91 Å². The van der Waals surface area contributed by atoms with E-state index in [2.05, 4.69) is 15.5 Å². The molecule has 1 atom stereocenters. The molecule has 1 aromatic carbocycles. The first kappa shape index (κ1) is 16.6. The van der Waals surface area contributed by atoms with Crippen molar-refractivity contribution in [2.75, 3.05) is 7.11 Å². The van der Waals surface area contributed by atoms with E-state index in [1.165, 1.54) is 12.8 Å². The number of nitrogens with zero attached hydrogens (tertiary/aromatic N) is 1. The second-order valence-corrected chi connectivity index (χ2v) is 6.57. The Morgan fingerprint density at radius 2 is 2.04 bits per heavy atom. The van der Waals surface area contributed by atoms with Gasteiger partial charge >= 0.3 is 0 Å². The van der Waals surface area contributed by atoms with Crippen LogP contribution in [0.5, 0.6) is 5.75 Å². The van der Waals surface area contributed by atoms with Gasteiger partial charge in [0.25, 0.3) is 0 Å². The first-order chi connectivity index (χ1) is 11.6. The summed E-state index contributed by atoms with van der Waals surface area (Å²) in [5, 5.41) is 10.4. The largest absolute Gasteiger partial charge is 0.497 e. The Morgan fingerprint density at radius 1 is 1.33 bits per heavy atom. The number of rotatable bonds is 7. The molecule has 5 heteroatoms. The maximum atomic E-state index is 12.4. The summed E-state index contributed by atoms with van der Waals surface area (Å²) < 4.78 is 5.21. The van der Waals surface area contributed by atoms with Gasteiger partial charge in [0.15, 0.2) is 0 Å². The number of H-pyrrole nitrogens is 1. The number of methoxy groups -OCH3 is 1. The Balaban J connectivity index is 1.62. The van der Waals surface area contributed by atoms with Crippen molar-refractivity contribution in [1.29, 1.82) is 0 Å². The predicted molar refractivity (Wildman–Crippen MR) is 93.0 cm³/mol. The Morgan fingerprint density at radius 3 is 2.58 bits per heavy atom. The molecular formula is C19H25N3O2. The summed E-state index contributed by atoms with van der Waals surface area (Å²) in [6, 6.07) is 8.11. The van der Waals surface area contributed by atoms with Crippen LogP contribution in [0.15, 0.2) is 24.3 Å². The van der Waals surface area contributed by atoms with Gasteiger partial charge in [0.1, 0.15) is 5.75 Å². The van der Waals surface area contributed by atoms with Crippen LogP contribution in [0.4, 0.5) is 0 Å². The van der Waals surface area contributed by atoms with Crippen LogP contribution >= 0.6 is 0 Å². The molecular weight excluding hydrogens is 302 g/mol. The zero-order valence-corrected chi connectivity index (χ0v) is 14.6. The molecule has 1 amide bonds. The van der Waals surface area contributed by atoms with Crippen LogP contribution in [-0.4, -0.2) is 23.2 Å². The number of nitrogens with one attached hydrogen (secondary N) is 2. The lowest BCUT2D eigenvalue weighted by atomic mass is 10.0. The van der Waals surface area contributed by atoms with Crippen LogP contribution in [0.3, 0.4) is 0 Å². The first-order valence-corrected chi connectivity index (χ1v) is 8.52. The molecule has 1 fully saturated rings. The normalized spacial score (nSPS) is 15.1. The lowest BCUT2D eigenvalue weighted by Gasteiger charge is -2.19. The summed E-state index contributed by atoms with van der Waals surface area (Å²) >= 11 is 0. The van der Waals surface area contributed by atoms with Gasteiger partial charge in [-0.2, -0.15) is 5.10 Å². The highest BCUT2D eigenvalue weighted by Crippen LogP contribution is 2.41. The van der Waals surface area contributed by atoms with E-state index in [4.69, 9.17) is 4.74 Å². The van der Waals surface area contributed by atoms with Gasteiger partial charge in [-0.05, 0) is 62.3 Å². The average molecular weight is 327 g/mol. The lowest BCUT2D eigenvalue weighted by molar-refractivity contribution is -0.122. The van der Waals surface area contributed by atoms with Crippen molar-refractivity contribution in [1.82, 2.24) is 15.5 Å². The summed E-state index contributed by atoms with van der Waals surface area (Å²) in [6.07, 6.45) is 3.56. The Labute approximate surface area is 142 Å². The van der Waals surface area contributed by atoms with Crippen LogP contribution in [-0.2, 0) is 11.2 Å². The predicted octanol–water partition coefficient (Wildman–Crippen LogP) is 3.24. The summed E-state index contributed by atoms with van der Waals surface area (Å²) in [6.45, 7) is 3.97. The van der Waals surface area contributed by atoms with Crippen molar-refractivity contribution in [3.8, 4) is 5.75 Å². The lowest BCUT2D eigenvalue weighted by Crippen LogP contribution is -2.30. The minimum atomic E-state index is 0.0997. The molecule has 0 saturated heterocycles. The Kier molecular flexibility index (Phi) is 4.88. The van der Waals surface area contributed by atoms with Crippen molar-refractivity contribution in [3.05, 3.63) is 46.8 Å². The number of carbonyl (C=O) groups is 1. The topological polar surface area (TPSA) is 67.0 Å². The van der Waals surface area contributed by atoms with E-state index in [1.54, 1.807) is 7.11 Å². The van der Waals surface area contributed by atoms with Crippen LogP contribution in [0.2, 0.25) is 0 Å². The molecule has 2 aromatic rings. The standard InChI is InChI=1S/C19H25N3O2/c1-12-17(13(2)22-21-12)10-11-18(23)20-19(14-4-5-14)15-6-8-16(24-3)9-7-15/h6-9,14,19H,4-5,10-11H2,1-3H3,(H,20,23)(H,21,22)/t19-/m1/s1. The molecule has 128 valence electrons. The highest BCUT2D eigenvalue weighted by Gasteiger charge is 2.33. The molecule has 1 saturated carbocycles. The van der Waals surface area contributed by atoms with Gasteiger partial charge in [-0.1, -0.05) is 12.1 Å². The fraction of sp³-hybridized carbons (Fsp3) is 0.474. The van der Waals surface area contributed by atoms with Gasteiger partial charge in [-0.25, -0.2) is 0 Å². The minimum Gasteiger partial charge on any atom is -0.497 e. The minimum absolute atomic E-state index is 0.0997. The van der Waals surface area contributed by atoms with Gasteiger partial charge in [-0.3, -0.25) is 9.89 Å². The van der Waals surface area contributed by atoms with E-state index in [9.17, 15) is 4.79 Å². The second-order valence-electron chi connectivity index (χ2n) is 6.57. The Hall–Kier alpha value is -2.30. The number of aryl methyl sites for hydroxylation is 2. The molecule has 5 nitrogen and oxygen atoms in total. The van der Waals surface area contributed by atoms with Gasteiger partial charge in [0, 0.05) is 12.1 Å². The maximum Gasteiger partial charge on any atom is 0.220 e. The first-order valence-electron chi connectivity index (χ1n) is 8.52. The summed E-state index contributed by atoms with van der Waals surface area (Å²) in [4.78, 5) is 12.4. The van der Waals surface area contributed by atoms with E-state index in [-0.39, 0.29) is 11.9 Å². The monoisotopic (exact) mass is 327 g/mol. The number of hydrogen-bond acceptors (Lipinski definition) is 3. The van der Waals surface area contributed by atoms with Crippen LogP contribution in [0.25, 0.3) is 0 Å². The summed E-state index contributed by atoms with van der Waals surface area (Å²) in [5.74, 6) is 1.49. The van der Waals surface area contributed by atoms with Crippen molar-refractivity contribution < 1.29 is 9.53 Å². The SMILES string of the molecule is COc1ccc([C@H](NC(=O)CCc2c(C)n[nH]c2C)C2CC2)cc1. The Bertz CT molecular complexity index is 682. The molecule has 24 heavy (non-hydrogen) atoms. The summed E-state index contributed by atoms with van der Waals surface area (Å²) in [5.41, 5.74) is 4.34. The molecule has 0 unspecified atom stereocenters.